The Morgan fingerprint density at radius 1 is 1.06 bits per heavy atom. The van der Waals surface area contributed by atoms with Gasteiger partial charge in [0.15, 0.2) is 0 Å². The molecule has 0 aliphatic heterocycles. The summed E-state index contributed by atoms with van der Waals surface area (Å²) in [7, 11) is 0. The van der Waals surface area contributed by atoms with E-state index >= 15 is 0 Å². The summed E-state index contributed by atoms with van der Waals surface area (Å²) in [6, 6.07) is 0. The molecule has 0 saturated heterocycles. The van der Waals surface area contributed by atoms with E-state index in [1.54, 1.807) is 4.90 Å². The molecule has 0 spiro atoms. The van der Waals surface area contributed by atoms with Crippen molar-refractivity contribution in [2.75, 3.05) is 19.6 Å². The van der Waals surface area contributed by atoms with Gasteiger partial charge in [0, 0.05) is 25.9 Å². The van der Waals surface area contributed by atoms with Crippen molar-refractivity contribution < 1.29 is 20.3 Å². The first-order valence-corrected chi connectivity index (χ1v) is 4.86. The molecule has 98 valence electrons. The third kappa shape index (κ3) is 7.85. The van der Waals surface area contributed by atoms with Crippen LogP contribution in [0.3, 0.4) is 0 Å². The second-order valence-corrected chi connectivity index (χ2v) is 3.35. The van der Waals surface area contributed by atoms with Crippen molar-refractivity contribution in [2.24, 2.45) is 21.8 Å². The van der Waals surface area contributed by atoms with E-state index in [0.29, 0.717) is 13.1 Å². The Kier molecular flexibility index (Phi) is 7.19. The molecule has 0 saturated carbocycles. The molecule has 0 aromatic rings. The van der Waals surface area contributed by atoms with Crippen LogP contribution in [0.5, 0.6) is 0 Å². The lowest BCUT2D eigenvalue weighted by Crippen LogP contribution is -2.35. The van der Waals surface area contributed by atoms with E-state index < -0.39 is 5.97 Å². The maximum atomic E-state index is 10.6. The van der Waals surface area contributed by atoms with Gasteiger partial charge in [-0.2, -0.15) is 0 Å². The molecule has 0 radical (unpaired) electrons. The van der Waals surface area contributed by atoms with Gasteiger partial charge in [-0.05, 0) is 0 Å². The zero-order valence-electron chi connectivity index (χ0n) is 9.28. The Morgan fingerprint density at radius 3 is 1.76 bits per heavy atom. The van der Waals surface area contributed by atoms with Crippen LogP contribution < -0.4 is 11.5 Å². The minimum atomic E-state index is -0.996. The number of carbonyl (C=O) groups is 1. The van der Waals surface area contributed by atoms with Gasteiger partial charge in [0.2, 0.25) is 0 Å². The molecule has 0 amide bonds. The summed E-state index contributed by atoms with van der Waals surface area (Å²) in [6.45, 7) is 0.416. The molecule has 0 atom stereocenters. The van der Waals surface area contributed by atoms with Gasteiger partial charge in [-0.25, -0.2) is 0 Å². The van der Waals surface area contributed by atoms with Gasteiger partial charge >= 0.3 is 5.97 Å². The Balaban J connectivity index is 4.18. The van der Waals surface area contributed by atoms with Crippen LogP contribution in [-0.2, 0) is 4.79 Å². The van der Waals surface area contributed by atoms with E-state index in [1.165, 1.54) is 0 Å². The molecule has 0 unspecified atom stereocenters. The Hall–Kier alpha value is -2.03. The van der Waals surface area contributed by atoms with Crippen LogP contribution in [0, 0.1) is 0 Å². The summed E-state index contributed by atoms with van der Waals surface area (Å²) < 4.78 is 0. The zero-order valence-corrected chi connectivity index (χ0v) is 9.28. The lowest BCUT2D eigenvalue weighted by Gasteiger charge is -2.19. The number of nitrogens with two attached hydrogens (primary N) is 2. The van der Waals surface area contributed by atoms with E-state index in [-0.39, 0.29) is 31.1 Å². The first-order valence-electron chi connectivity index (χ1n) is 4.86. The van der Waals surface area contributed by atoms with Crippen molar-refractivity contribution in [2.45, 2.75) is 12.8 Å². The third-order valence-corrected chi connectivity index (χ3v) is 1.98. The van der Waals surface area contributed by atoms with E-state index in [4.69, 9.17) is 27.0 Å². The number of aliphatic carboxylic acids is 1. The highest BCUT2D eigenvalue weighted by atomic mass is 16.4. The highest BCUT2D eigenvalue weighted by Crippen LogP contribution is 1.95. The summed E-state index contributed by atoms with van der Waals surface area (Å²) in [6.07, 6.45) is 0.472. The number of nitrogens with zero attached hydrogens (tertiary/aromatic N) is 3. The monoisotopic (exact) mass is 247 g/mol. The molecule has 7 N–H and O–H groups in total. The number of hydrogen-bond donors (Lipinski definition) is 5. The van der Waals surface area contributed by atoms with E-state index in [0.717, 1.165) is 0 Å². The molecule has 0 aromatic carbocycles. The number of oxime groups is 2. The largest absolute Gasteiger partial charge is 0.480 e. The van der Waals surface area contributed by atoms with Gasteiger partial charge in [0.25, 0.3) is 0 Å². The first-order chi connectivity index (χ1) is 7.99. The first kappa shape index (κ1) is 15.0. The van der Waals surface area contributed by atoms with Gasteiger partial charge in [0.1, 0.15) is 11.7 Å². The highest BCUT2D eigenvalue weighted by molar-refractivity contribution is 5.80. The predicted octanol–water partition coefficient (Wildman–Crippen LogP) is -1.35. The second-order valence-electron chi connectivity index (χ2n) is 3.35. The normalized spacial score (nSPS) is 13.0. The van der Waals surface area contributed by atoms with Gasteiger partial charge in [0.05, 0.1) is 6.54 Å². The van der Waals surface area contributed by atoms with Crippen LogP contribution in [0.2, 0.25) is 0 Å². The van der Waals surface area contributed by atoms with Crippen LogP contribution in [0.25, 0.3) is 0 Å². The topological polar surface area (TPSA) is 158 Å². The summed E-state index contributed by atoms with van der Waals surface area (Å²) in [4.78, 5) is 12.1. The van der Waals surface area contributed by atoms with Gasteiger partial charge in [-0.15, -0.1) is 0 Å². The van der Waals surface area contributed by atoms with Crippen molar-refractivity contribution in [1.29, 1.82) is 0 Å². The zero-order chi connectivity index (χ0) is 13.3. The van der Waals surface area contributed by atoms with Crippen LogP contribution in [0.1, 0.15) is 12.8 Å². The summed E-state index contributed by atoms with van der Waals surface area (Å²) in [5.41, 5.74) is 10.5. The van der Waals surface area contributed by atoms with Gasteiger partial charge in [-0.3, -0.25) is 9.69 Å². The molecule has 17 heavy (non-hydrogen) atoms. The van der Waals surface area contributed by atoms with Crippen molar-refractivity contribution in [1.82, 2.24) is 4.90 Å². The van der Waals surface area contributed by atoms with Crippen molar-refractivity contribution in [3.8, 4) is 0 Å². The quantitative estimate of drug-likeness (QED) is 0.153. The lowest BCUT2D eigenvalue weighted by atomic mass is 10.3. The van der Waals surface area contributed by atoms with Crippen LogP contribution in [-0.4, -0.2) is 57.7 Å². The number of rotatable bonds is 8. The average Bonchev–Trinajstić information content (AvgIpc) is 2.30. The standard InChI is InChI=1S/C8H17N5O4/c9-6(11-16)1-3-13(5-8(14)15)4-2-7(10)12-17/h16-17H,1-5H2,(H2,9,11)(H2,10,12)(H,14,15). The molecule has 0 aromatic heterocycles. The Bertz CT molecular complexity index is 282. The van der Waals surface area contributed by atoms with E-state index in [2.05, 4.69) is 10.3 Å². The number of hydrogen-bond acceptors (Lipinski definition) is 6. The molecule has 0 aliphatic carbocycles. The van der Waals surface area contributed by atoms with Crippen molar-refractivity contribution >= 4 is 17.6 Å². The van der Waals surface area contributed by atoms with Crippen LogP contribution in [0.4, 0.5) is 0 Å². The lowest BCUT2D eigenvalue weighted by molar-refractivity contribution is -0.138. The second kappa shape index (κ2) is 8.16. The number of carboxylic acids is 1. The fourth-order valence-corrected chi connectivity index (χ4v) is 1.11. The van der Waals surface area contributed by atoms with Crippen LogP contribution >= 0.6 is 0 Å². The summed E-state index contributed by atoms with van der Waals surface area (Å²) >= 11 is 0. The molecule has 9 nitrogen and oxygen atoms in total. The van der Waals surface area contributed by atoms with Crippen molar-refractivity contribution in [3.63, 3.8) is 0 Å². The molecular formula is C8H17N5O4. The summed E-state index contributed by atoms with van der Waals surface area (Å²) in [5.74, 6) is -0.961. The van der Waals surface area contributed by atoms with Crippen LogP contribution in [0.15, 0.2) is 10.3 Å². The smallest absolute Gasteiger partial charge is 0.317 e. The number of amidine groups is 2. The molecule has 0 bridgehead atoms. The van der Waals surface area contributed by atoms with E-state index in [1.807, 2.05) is 0 Å². The maximum absolute atomic E-state index is 10.6. The fourth-order valence-electron chi connectivity index (χ4n) is 1.11. The van der Waals surface area contributed by atoms with Crippen molar-refractivity contribution in [3.05, 3.63) is 0 Å². The fraction of sp³-hybridized carbons (Fsp3) is 0.625. The Morgan fingerprint density at radius 2 is 1.47 bits per heavy atom. The molecule has 0 fully saturated rings. The summed E-state index contributed by atoms with van der Waals surface area (Å²) in [5, 5.41) is 30.9. The van der Waals surface area contributed by atoms with E-state index in [9.17, 15) is 4.79 Å². The minimum absolute atomic E-state index is 0.0178. The predicted molar refractivity (Wildman–Crippen MR) is 60.1 cm³/mol. The Labute approximate surface area is 98.0 Å². The average molecular weight is 247 g/mol. The van der Waals surface area contributed by atoms with Gasteiger partial charge in [-0.1, -0.05) is 10.3 Å². The molecular weight excluding hydrogens is 230 g/mol. The SMILES string of the molecule is N/C(CCN(CC/C(N)=N\O)CC(=O)O)=N\O. The molecule has 9 heteroatoms. The maximum Gasteiger partial charge on any atom is 0.317 e. The minimum Gasteiger partial charge on any atom is -0.480 e. The third-order valence-electron chi connectivity index (χ3n) is 1.98. The van der Waals surface area contributed by atoms with Gasteiger partial charge < -0.3 is 27.0 Å². The molecule has 0 heterocycles. The molecule has 0 rings (SSSR count). The highest BCUT2D eigenvalue weighted by Gasteiger charge is 2.11. The molecule has 0 aliphatic rings. The number of carboxylic acid groups (broad SMARTS) is 1.